The molecule has 1 saturated heterocycles. The van der Waals surface area contributed by atoms with Gasteiger partial charge in [-0.2, -0.15) is 11.8 Å². The largest absolute Gasteiger partial charge is 0.379 e. The van der Waals surface area contributed by atoms with E-state index in [9.17, 15) is 9.90 Å². The quantitative estimate of drug-likeness (QED) is 0.848. The van der Waals surface area contributed by atoms with E-state index < -0.39 is 5.60 Å². The van der Waals surface area contributed by atoms with Crippen LogP contribution in [0.15, 0.2) is 30.3 Å². The van der Waals surface area contributed by atoms with Gasteiger partial charge in [0.2, 0.25) is 0 Å². The first-order valence-corrected chi connectivity index (χ1v) is 7.62. The fraction of sp³-hybridized carbons (Fsp3) is 0.500. The van der Waals surface area contributed by atoms with Crippen LogP contribution in [-0.4, -0.2) is 48.3 Å². The number of benzene rings is 1. The highest BCUT2D eigenvalue weighted by Crippen LogP contribution is 2.27. The summed E-state index contributed by atoms with van der Waals surface area (Å²) in [5, 5.41) is 12.9. The fourth-order valence-corrected chi connectivity index (χ4v) is 3.29. The topological polar surface area (TPSA) is 52.6 Å². The molecule has 1 aromatic carbocycles. The summed E-state index contributed by atoms with van der Waals surface area (Å²) >= 11 is 1.62. The molecule has 0 aromatic heterocycles. The molecule has 1 unspecified atom stereocenters. The molecule has 1 fully saturated rings. The Hall–Kier alpha value is -1.20. The molecule has 2 N–H and O–H groups in total. The van der Waals surface area contributed by atoms with Gasteiger partial charge in [0.05, 0.1) is 0 Å². The van der Waals surface area contributed by atoms with E-state index in [0.717, 1.165) is 18.0 Å². The fourth-order valence-electron chi connectivity index (χ4n) is 2.05. The highest BCUT2D eigenvalue weighted by atomic mass is 32.2. The van der Waals surface area contributed by atoms with E-state index in [1.54, 1.807) is 11.8 Å². The van der Waals surface area contributed by atoms with E-state index in [2.05, 4.69) is 10.2 Å². The summed E-state index contributed by atoms with van der Waals surface area (Å²) in [6, 6.07) is 10.0. The van der Waals surface area contributed by atoms with E-state index in [1.807, 2.05) is 37.4 Å². The number of hydrogen-bond donors (Lipinski definition) is 2. The predicted molar refractivity (Wildman–Crippen MR) is 79.6 cm³/mol. The van der Waals surface area contributed by atoms with Gasteiger partial charge in [0, 0.05) is 31.6 Å². The van der Waals surface area contributed by atoms with Crippen LogP contribution in [0.3, 0.4) is 0 Å². The lowest BCUT2D eigenvalue weighted by molar-refractivity contribution is -0.137. The normalized spacial score (nSPS) is 22.2. The maximum absolute atomic E-state index is 11.9. The summed E-state index contributed by atoms with van der Waals surface area (Å²) in [4.78, 5) is 14.0. The summed E-state index contributed by atoms with van der Waals surface area (Å²) in [7, 11) is 1.99. The van der Waals surface area contributed by atoms with Crippen LogP contribution in [-0.2, 0) is 4.79 Å². The van der Waals surface area contributed by atoms with E-state index in [1.165, 1.54) is 0 Å². The van der Waals surface area contributed by atoms with Crippen LogP contribution in [0, 0.1) is 0 Å². The van der Waals surface area contributed by atoms with Crippen molar-refractivity contribution in [3.63, 3.8) is 0 Å². The maximum atomic E-state index is 11.9. The second-order valence-corrected chi connectivity index (χ2v) is 5.95. The molecule has 19 heavy (non-hydrogen) atoms. The van der Waals surface area contributed by atoms with Gasteiger partial charge in [-0.1, -0.05) is 18.2 Å². The standard InChI is InChI=1S/C14H20N2O2S/c1-16(12-5-3-2-4-6-12)9-8-15-13(17)14(18)7-10-19-11-14/h2-6,18H,7-11H2,1H3,(H,15,17). The number of amides is 1. The first-order chi connectivity index (χ1) is 9.12. The molecule has 1 heterocycles. The third-order valence-electron chi connectivity index (χ3n) is 3.35. The van der Waals surface area contributed by atoms with Crippen molar-refractivity contribution in [2.24, 2.45) is 0 Å². The van der Waals surface area contributed by atoms with Crippen LogP contribution in [0.25, 0.3) is 0 Å². The molecule has 1 aliphatic heterocycles. The van der Waals surface area contributed by atoms with E-state index >= 15 is 0 Å². The second kappa shape index (κ2) is 6.30. The number of thioether (sulfide) groups is 1. The average molecular weight is 280 g/mol. The summed E-state index contributed by atoms with van der Waals surface area (Å²) in [5.41, 5.74) is -0.0393. The minimum Gasteiger partial charge on any atom is -0.379 e. The number of nitrogens with zero attached hydrogens (tertiary/aromatic N) is 1. The van der Waals surface area contributed by atoms with Gasteiger partial charge >= 0.3 is 0 Å². The summed E-state index contributed by atoms with van der Waals surface area (Å²) < 4.78 is 0. The first-order valence-electron chi connectivity index (χ1n) is 6.46. The number of para-hydroxylation sites is 1. The summed E-state index contributed by atoms with van der Waals surface area (Å²) in [6.07, 6.45) is 0.554. The van der Waals surface area contributed by atoms with Crippen LogP contribution in [0.5, 0.6) is 0 Å². The number of hydrogen-bond acceptors (Lipinski definition) is 4. The van der Waals surface area contributed by atoms with Crippen LogP contribution in [0.1, 0.15) is 6.42 Å². The molecular formula is C14H20N2O2S. The van der Waals surface area contributed by atoms with Gasteiger partial charge in [0.15, 0.2) is 5.60 Å². The zero-order valence-corrected chi connectivity index (χ0v) is 11.9. The molecule has 0 bridgehead atoms. The molecule has 1 aromatic rings. The van der Waals surface area contributed by atoms with Crippen molar-refractivity contribution in [1.29, 1.82) is 0 Å². The number of likely N-dealkylation sites (N-methyl/N-ethyl adjacent to an activating group) is 1. The number of carbonyl (C=O) groups is 1. The van der Waals surface area contributed by atoms with Crippen LogP contribution in [0.4, 0.5) is 5.69 Å². The van der Waals surface area contributed by atoms with Crippen molar-refractivity contribution in [3.05, 3.63) is 30.3 Å². The van der Waals surface area contributed by atoms with Gasteiger partial charge < -0.3 is 15.3 Å². The van der Waals surface area contributed by atoms with Crippen molar-refractivity contribution in [1.82, 2.24) is 5.32 Å². The first kappa shape index (κ1) is 14.2. The van der Waals surface area contributed by atoms with Gasteiger partial charge in [-0.25, -0.2) is 0 Å². The Balaban J connectivity index is 1.76. The van der Waals surface area contributed by atoms with Gasteiger partial charge in [-0.3, -0.25) is 4.79 Å². The molecule has 1 aliphatic rings. The summed E-state index contributed by atoms with van der Waals surface area (Å²) in [6.45, 7) is 1.26. The lowest BCUT2D eigenvalue weighted by Crippen LogP contribution is -2.48. The smallest absolute Gasteiger partial charge is 0.252 e. The van der Waals surface area contributed by atoms with Crippen molar-refractivity contribution in [3.8, 4) is 0 Å². The van der Waals surface area contributed by atoms with Crippen LogP contribution >= 0.6 is 11.8 Å². The zero-order valence-electron chi connectivity index (χ0n) is 11.1. The SMILES string of the molecule is CN(CCNC(=O)C1(O)CCSC1)c1ccccc1. The lowest BCUT2D eigenvalue weighted by Gasteiger charge is -2.23. The molecule has 0 radical (unpaired) electrons. The number of aliphatic hydroxyl groups is 1. The third kappa shape index (κ3) is 3.64. The van der Waals surface area contributed by atoms with E-state index in [0.29, 0.717) is 18.7 Å². The molecule has 0 aliphatic carbocycles. The van der Waals surface area contributed by atoms with Gasteiger partial charge in [-0.05, 0) is 24.3 Å². The Labute approximate surface area is 118 Å². The number of anilines is 1. The zero-order chi connectivity index (χ0) is 13.7. The Kier molecular flexibility index (Phi) is 4.71. The minimum atomic E-state index is -1.16. The molecule has 0 saturated carbocycles. The Bertz CT molecular complexity index is 419. The van der Waals surface area contributed by atoms with Crippen LogP contribution < -0.4 is 10.2 Å². The monoisotopic (exact) mass is 280 g/mol. The van der Waals surface area contributed by atoms with Crippen molar-refractivity contribution in [2.75, 3.05) is 36.5 Å². The molecule has 1 atom stereocenters. The van der Waals surface area contributed by atoms with Gasteiger partial charge in [0.25, 0.3) is 5.91 Å². The highest BCUT2D eigenvalue weighted by molar-refractivity contribution is 7.99. The Morgan fingerprint density at radius 2 is 2.21 bits per heavy atom. The predicted octanol–water partition coefficient (Wildman–Crippen LogP) is 1.11. The Morgan fingerprint density at radius 1 is 1.47 bits per heavy atom. The summed E-state index contributed by atoms with van der Waals surface area (Å²) in [5.74, 6) is 1.13. The van der Waals surface area contributed by atoms with Crippen molar-refractivity contribution >= 4 is 23.4 Å². The molecule has 1 amide bonds. The molecule has 4 nitrogen and oxygen atoms in total. The van der Waals surface area contributed by atoms with E-state index in [4.69, 9.17) is 0 Å². The van der Waals surface area contributed by atoms with E-state index in [-0.39, 0.29) is 5.91 Å². The number of nitrogens with one attached hydrogen (secondary N) is 1. The number of carbonyl (C=O) groups excluding carboxylic acids is 1. The average Bonchev–Trinajstić information content (AvgIpc) is 2.88. The van der Waals surface area contributed by atoms with Crippen molar-refractivity contribution < 1.29 is 9.90 Å². The molecule has 0 spiro atoms. The maximum Gasteiger partial charge on any atom is 0.252 e. The van der Waals surface area contributed by atoms with Crippen molar-refractivity contribution in [2.45, 2.75) is 12.0 Å². The number of rotatable bonds is 5. The molecule has 2 rings (SSSR count). The third-order valence-corrected chi connectivity index (χ3v) is 4.53. The molecule has 5 heteroatoms. The van der Waals surface area contributed by atoms with Crippen LogP contribution in [0.2, 0.25) is 0 Å². The highest BCUT2D eigenvalue weighted by Gasteiger charge is 2.39. The lowest BCUT2D eigenvalue weighted by atomic mass is 10.0. The van der Waals surface area contributed by atoms with Gasteiger partial charge in [0.1, 0.15) is 0 Å². The minimum absolute atomic E-state index is 0.237. The Morgan fingerprint density at radius 3 is 2.84 bits per heavy atom. The molecule has 104 valence electrons. The molecular weight excluding hydrogens is 260 g/mol. The second-order valence-electron chi connectivity index (χ2n) is 4.85. The van der Waals surface area contributed by atoms with Gasteiger partial charge in [-0.15, -0.1) is 0 Å².